The lowest BCUT2D eigenvalue weighted by Crippen LogP contribution is -2.08. The third-order valence-corrected chi connectivity index (χ3v) is 3.45. The SMILES string of the molecule is Cc1ccc(-c2nc3c([nH]2)CCC3C(=O)O)cc1. The minimum atomic E-state index is -0.782. The first-order valence-electron chi connectivity index (χ1n) is 6.04. The lowest BCUT2D eigenvalue weighted by Gasteiger charge is -2.01. The van der Waals surface area contributed by atoms with Gasteiger partial charge >= 0.3 is 5.97 Å². The number of imidazole rings is 1. The molecule has 1 atom stereocenters. The largest absolute Gasteiger partial charge is 0.481 e. The average Bonchev–Trinajstić information content (AvgIpc) is 2.88. The summed E-state index contributed by atoms with van der Waals surface area (Å²) in [6.45, 7) is 2.03. The quantitative estimate of drug-likeness (QED) is 0.850. The van der Waals surface area contributed by atoms with Crippen LogP contribution >= 0.6 is 0 Å². The first kappa shape index (κ1) is 11.0. The van der Waals surface area contributed by atoms with E-state index in [4.69, 9.17) is 5.11 Å². The molecule has 0 aliphatic heterocycles. The van der Waals surface area contributed by atoms with Crippen molar-refractivity contribution in [2.24, 2.45) is 0 Å². The fraction of sp³-hybridized carbons (Fsp3) is 0.286. The van der Waals surface area contributed by atoms with Crippen molar-refractivity contribution in [1.82, 2.24) is 9.97 Å². The number of nitrogens with one attached hydrogen (secondary N) is 1. The van der Waals surface area contributed by atoms with Gasteiger partial charge in [-0.2, -0.15) is 0 Å². The number of carboxylic acids is 1. The molecule has 1 aliphatic rings. The molecule has 2 aromatic rings. The second-order valence-corrected chi connectivity index (χ2v) is 4.74. The van der Waals surface area contributed by atoms with Crippen LogP contribution in [0.15, 0.2) is 24.3 Å². The van der Waals surface area contributed by atoms with Gasteiger partial charge in [-0.25, -0.2) is 4.98 Å². The number of aliphatic carboxylic acids is 1. The lowest BCUT2D eigenvalue weighted by molar-refractivity contribution is -0.138. The van der Waals surface area contributed by atoms with Crippen LogP contribution < -0.4 is 0 Å². The van der Waals surface area contributed by atoms with Crippen molar-refractivity contribution in [3.8, 4) is 11.4 Å². The predicted octanol–water partition coefficient (Wildman–Crippen LogP) is 2.50. The molecular weight excluding hydrogens is 228 g/mol. The van der Waals surface area contributed by atoms with E-state index in [-0.39, 0.29) is 0 Å². The second kappa shape index (κ2) is 3.98. The van der Waals surface area contributed by atoms with Crippen LogP contribution in [0.25, 0.3) is 11.4 Å². The Labute approximate surface area is 105 Å². The van der Waals surface area contributed by atoms with Crippen LogP contribution in [-0.2, 0) is 11.2 Å². The van der Waals surface area contributed by atoms with E-state index in [0.29, 0.717) is 12.1 Å². The van der Waals surface area contributed by atoms with E-state index < -0.39 is 11.9 Å². The predicted molar refractivity (Wildman–Crippen MR) is 67.5 cm³/mol. The number of hydrogen-bond donors (Lipinski definition) is 2. The van der Waals surface area contributed by atoms with E-state index in [2.05, 4.69) is 9.97 Å². The summed E-state index contributed by atoms with van der Waals surface area (Å²) in [5.74, 6) is -0.461. The van der Waals surface area contributed by atoms with Crippen LogP contribution in [0.3, 0.4) is 0 Å². The number of benzene rings is 1. The molecule has 0 saturated heterocycles. The molecule has 0 radical (unpaired) electrons. The monoisotopic (exact) mass is 242 g/mol. The molecule has 4 heteroatoms. The third-order valence-electron chi connectivity index (χ3n) is 3.45. The summed E-state index contributed by atoms with van der Waals surface area (Å²) in [4.78, 5) is 18.8. The van der Waals surface area contributed by atoms with Gasteiger partial charge in [0, 0.05) is 11.3 Å². The molecule has 1 heterocycles. The van der Waals surface area contributed by atoms with Crippen molar-refractivity contribution in [3.63, 3.8) is 0 Å². The number of carboxylic acid groups (broad SMARTS) is 1. The summed E-state index contributed by atoms with van der Waals surface area (Å²) in [7, 11) is 0. The summed E-state index contributed by atoms with van der Waals surface area (Å²) >= 11 is 0. The molecule has 0 saturated carbocycles. The number of fused-ring (bicyclic) bond motifs is 1. The molecule has 0 bridgehead atoms. The van der Waals surface area contributed by atoms with Crippen molar-refractivity contribution in [1.29, 1.82) is 0 Å². The maximum absolute atomic E-state index is 11.1. The Kier molecular flexibility index (Phi) is 2.44. The van der Waals surface area contributed by atoms with Gasteiger partial charge in [0.1, 0.15) is 11.7 Å². The van der Waals surface area contributed by atoms with E-state index in [9.17, 15) is 4.79 Å². The third kappa shape index (κ3) is 1.70. The second-order valence-electron chi connectivity index (χ2n) is 4.74. The summed E-state index contributed by atoms with van der Waals surface area (Å²) in [5.41, 5.74) is 3.87. The Balaban J connectivity index is 1.99. The zero-order valence-electron chi connectivity index (χ0n) is 10.1. The maximum atomic E-state index is 11.1. The van der Waals surface area contributed by atoms with E-state index in [1.165, 1.54) is 5.56 Å². The number of aromatic nitrogens is 2. The normalized spacial score (nSPS) is 17.7. The van der Waals surface area contributed by atoms with Crippen molar-refractivity contribution >= 4 is 5.97 Å². The minimum absolute atomic E-state index is 0.449. The first-order valence-corrected chi connectivity index (χ1v) is 6.04. The lowest BCUT2D eigenvalue weighted by atomic mass is 10.1. The standard InChI is InChI=1S/C14H14N2O2/c1-8-2-4-9(5-3-8)13-15-11-7-6-10(14(17)18)12(11)16-13/h2-5,10H,6-7H2,1H3,(H,15,16)(H,17,18). The summed E-state index contributed by atoms with van der Waals surface area (Å²) in [5, 5.41) is 9.12. The molecule has 1 unspecified atom stereocenters. The van der Waals surface area contributed by atoms with Crippen LogP contribution in [0.5, 0.6) is 0 Å². The molecule has 0 spiro atoms. The van der Waals surface area contributed by atoms with Crippen LogP contribution in [0.1, 0.15) is 29.3 Å². The topological polar surface area (TPSA) is 66.0 Å². The molecule has 92 valence electrons. The number of aryl methyl sites for hydroxylation is 2. The minimum Gasteiger partial charge on any atom is -0.481 e. The zero-order chi connectivity index (χ0) is 12.7. The molecule has 1 aromatic heterocycles. The Morgan fingerprint density at radius 1 is 1.39 bits per heavy atom. The summed E-state index contributed by atoms with van der Waals surface area (Å²) in [6, 6.07) is 8.05. The van der Waals surface area contributed by atoms with Crippen molar-refractivity contribution < 1.29 is 9.90 Å². The fourth-order valence-corrected chi connectivity index (χ4v) is 2.42. The van der Waals surface area contributed by atoms with E-state index in [0.717, 1.165) is 23.5 Å². The number of rotatable bonds is 2. The van der Waals surface area contributed by atoms with Gasteiger partial charge in [0.25, 0.3) is 0 Å². The van der Waals surface area contributed by atoms with Gasteiger partial charge in [0.2, 0.25) is 0 Å². The fourth-order valence-electron chi connectivity index (χ4n) is 2.42. The first-order chi connectivity index (χ1) is 8.65. The summed E-state index contributed by atoms with van der Waals surface area (Å²) in [6.07, 6.45) is 1.42. The number of carbonyl (C=O) groups is 1. The van der Waals surface area contributed by atoms with E-state index in [1.807, 2.05) is 31.2 Å². The Hall–Kier alpha value is -2.10. The van der Waals surface area contributed by atoms with Crippen LogP contribution in [0.2, 0.25) is 0 Å². The molecule has 1 aromatic carbocycles. The van der Waals surface area contributed by atoms with Gasteiger partial charge in [-0.3, -0.25) is 4.79 Å². The Morgan fingerprint density at radius 2 is 2.11 bits per heavy atom. The van der Waals surface area contributed by atoms with Gasteiger partial charge in [-0.1, -0.05) is 29.8 Å². The summed E-state index contributed by atoms with van der Waals surface area (Å²) < 4.78 is 0. The van der Waals surface area contributed by atoms with Crippen molar-refractivity contribution in [2.75, 3.05) is 0 Å². The zero-order valence-corrected chi connectivity index (χ0v) is 10.1. The van der Waals surface area contributed by atoms with Crippen LogP contribution in [-0.4, -0.2) is 21.0 Å². The Morgan fingerprint density at radius 3 is 2.78 bits per heavy atom. The van der Waals surface area contributed by atoms with Crippen molar-refractivity contribution in [2.45, 2.75) is 25.7 Å². The highest BCUT2D eigenvalue weighted by Gasteiger charge is 2.32. The molecule has 4 nitrogen and oxygen atoms in total. The molecule has 2 N–H and O–H groups in total. The molecule has 18 heavy (non-hydrogen) atoms. The molecular formula is C14H14N2O2. The highest BCUT2D eigenvalue weighted by Crippen LogP contribution is 2.33. The maximum Gasteiger partial charge on any atom is 0.312 e. The highest BCUT2D eigenvalue weighted by molar-refractivity contribution is 5.77. The van der Waals surface area contributed by atoms with Crippen LogP contribution in [0, 0.1) is 6.92 Å². The van der Waals surface area contributed by atoms with Gasteiger partial charge in [0.05, 0.1) is 5.69 Å². The number of H-pyrrole nitrogens is 1. The Bertz CT molecular complexity index is 599. The van der Waals surface area contributed by atoms with E-state index >= 15 is 0 Å². The average molecular weight is 242 g/mol. The van der Waals surface area contributed by atoms with E-state index in [1.54, 1.807) is 0 Å². The molecule has 0 fully saturated rings. The molecule has 0 amide bonds. The molecule has 1 aliphatic carbocycles. The van der Waals surface area contributed by atoms with Gasteiger partial charge < -0.3 is 10.1 Å². The van der Waals surface area contributed by atoms with Crippen molar-refractivity contribution in [3.05, 3.63) is 41.2 Å². The number of aromatic amines is 1. The smallest absolute Gasteiger partial charge is 0.312 e. The molecule has 3 rings (SSSR count). The van der Waals surface area contributed by atoms with Gasteiger partial charge in [0.15, 0.2) is 0 Å². The highest BCUT2D eigenvalue weighted by atomic mass is 16.4. The van der Waals surface area contributed by atoms with Crippen LogP contribution in [0.4, 0.5) is 0 Å². The van der Waals surface area contributed by atoms with Gasteiger partial charge in [-0.05, 0) is 19.8 Å². The van der Waals surface area contributed by atoms with Gasteiger partial charge in [-0.15, -0.1) is 0 Å². The number of nitrogens with zero attached hydrogens (tertiary/aromatic N) is 1. The number of hydrogen-bond acceptors (Lipinski definition) is 2.